The van der Waals surface area contributed by atoms with Crippen LogP contribution in [0.3, 0.4) is 0 Å². The second kappa shape index (κ2) is 6.05. The molecule has 1 aliphatic heterocycles. The van der Waals surface area contributed by atoms with Gasteiger partial charge in [-0.3, -0.25) is 9.59 Å². The molecule has 0 spiro atoms. The first-order chi connectivity index (χ1) is 9.49. The van der Waals surface area contributed by atoms with Gasteiger partial charge in [0.2, 0.25) is 5.91 Å². The fourth-order valence-corrected chi connectivity index (χ4v) is 2.41. The first-order valence-electron chi connectivity index (χ1n) is 6.79. The third kappa shape index (κ3) is 3.17. The van der Waals surface area contributed by atoms with Crippen LogP contribution in [0.1, 0.15) is 28.9 Å². The highest BCUT2D eigenvalue weighted by molar-refractivity contribution is 5.94. The standard InChI is InChI=1S/C15H21N3O2/c1-11(19)18-8-7-16-14(10-18)12-5-4-6-13(9-12)15(20)17(2)3/h4-6,9,14,16H,7-8,10H2,1-3H3/t14-/m0/s1. The molecule has 1 aromatic carbocycles. The summed E-state index contributed by atoms with van der Waals surface area (Å²) in [5.41, 5.74) is 1.72. The summed E-state index contributed by atoms with van der Waals surface area (Å²) in [5, 5.41) is 3.40. The van der Waals surface area contributed by atoms with Gasteiger partial charge in [0.15, 0.2) is 0 Å². The number of rotatable bonds is 2. The molecule has 0 radical (unpaired) electrons. The Bertz CT molecular complexity index is 514. The zero-order valence-corrected chi connectivity index (χ0v) is 12.2. The Morgan fingerprint density at radius 2 is 2.10 bits per heavy atom. The van der Waals surface area contributed by atoms with Crippen LogP contribution in [-0.2, 0) is 4.79 Å². The summed E-state index contributed by atoms with van der Waals surface area (Å²) in [5.74, 6) is 0.0862. The zero-order valence-electron chi connectivity index (χ0n) is 12.2. The lowest BCUT2D eigenvalue weighted by Gasteiger charge is -2.33. The lowest BCUT2D eigenvalue weighted by atomic mass is 10.0. The minimum atomic E-state index is -0.00826. The largest absolute Gasteiger partial charge is 0.345 e. The molecule has 2 rings (SSSR count). The van der Waals surface area contributed by atoms with E-state index in [9.17, 15) is 9.59 Å². The molecule has 1 N–H and O–H groups in total. The molecule has 1 atom stereocenters. The van der Waals surface area contributed by atoms with E-state index in [4.69, 9.17) is 0 Å². The lowest BCUT2D eigenvalue weighted by molar-refractivity contribution is -0.130. The van der Waals surface area contributed by atoms with Gasteiger partial charge in [-0.2, -0.15) is 0 Å². The number of benzene rings is 1. The van der Waals surface area contributed by atoms with Crippen LogP contribution in [0.5, 0.6) is 0 Å². The fourth-order valence-electron chi connectivity index (χ4n) is 2.41. The minimum Gasteiger partial charge on any atom is -0.345 e. The van der Waals surface area contributed by atoms with E-state index in [-0.39, 0.29) is 17.9 Å². The molecule has 0 aliphatic carbocycles. The van der Waals surface area contributed by atoms with Crippen LogP contribution < -0.4 is 5.32 Å². The molecule has 108 valence electrons. The van der Waals surface area contributed by atoms with Crippen molar-refractivity contribution in [2.75, 3.05) is 33.7 Å². The van der Waals surface area contributed by atoms with Crippen molar-refractivity contribution in [3.8, 4) is 0 Å². The van der Waals surface area contributed by atoms with Crippen LogP contribution in [0.4, 0.5) is 0 Å². The van der Waals surface area contributed by atoms with E-state index in [2.05, 4.69) is 5.32 Å². The molecule has 5 nitrogen and oxygen atoms in total. The van der Waals surface area contributed by atoms with Crippen LogP contribution in [0.2, 0.25) is 0 Å². The number of nitrogens with zero attached hydrogens (tertiary/aromatic N) is 2. The Morgan fingerprint density at radius 3 is 2.75 bits per heavy atom. The second-order valence-electron chi connectivity index (χ2n) is 5.30. The third-order valence-corrected chi connectivity index (χ3v) is 3.56. The average Bonchev–Trinajstić information content (AvgIpc) is 2.46. The van der Waals surface area contributed by atoms with Gasteiger partial charge in [0.05, 0.1) is 0 Å². The van der Waals surface area contributed by atoms with Crippen molar-refractivity contribution in [2.24, 2.45) is 0 Å². The molecule has 1 aromatic rings. The summed E-state index contributed by atoms with van der Waals surface area (Å²) in [6, 6.07) is 7.69. The van der Waals surface area contributed by atoms with E-state index in [0.29, 0.717) is 12.1 Å². The molecular weight excluding hydrogens is 254 g/mol. The smallest absolute Gasteiger partial charge is 0.253 e. The van der Waals surface area contributed by atoms with E-state index in [1.807, 2.05) is 29.2 Å². The molecule has 1 aliphatic rings. The Balaban J connectivity index is 2.18. The van der Waals surface area contributed by atoms with Gasteiger partial charge < -0.3 is 15.1 Å². The SMILES string of the molecule is CC(=O)N1CCN[C@H](c2cccc(C(=O)N(C)C)c2)C1. The quantitative estimate of drug-likeness (QED) is 0.872. The highest BCUT2D eigenvalue weighted by atomic mass is 16.2. The second-order valence-corrected chi connectivity index (χ2v) is 5.30. The van der Waals surface area contributed by atoms with E-state index in [1.165, 1.54) is 0 Å². The summed E-state index contributed by atoms with van der Waals surface area (Å²) in [6.45, 7) is 3.75. The van der Waals surface area contributed by atoms with Crippen molar-refractivity contribution in [1.82, 2.24) is 15.1 Å². The number of hydrogen-bond acceptors (Lipinski definition) is 3. The van der Waals surface area contributed by atoms with Crippen molar-refractivity contribution in [3.63, 3.8) is 0 Å². The maximum Gasteiger partial charge on any atom is 0.253 e. The third-order valence-electron chi connectivity index (χ3n) is 3.56. The fraction of sp³-hybridized carbons (Fsp3) is 0.467. The summed E-state index contributed by atoms with van der Waals surface area (Å²) in [7, 11) is 3.48. The van der Waals surface area contributed by atoms with Crippen LogP contribution in [0, 0.1) is 0 Å². The van der Waals surface area contributed by atoms with Gasteiger partial charge in [-0.15, -0.1) is 0 Å². The van der Waals surface area contributed by atoms with Gasteiger partial charge in [-0.05, 0) is 17.7 Å². The number of hydrogen-bond donors (Lipinski definition) is 1. The van der Waals surface area contributed by atoms with Crippen molar-refractivity contribution in [1.29, 1.82) is 0 Å². The molecule has 1 fully saturated rings. The molecule has 20 heavy (non-hydrogen) atoms. The molecule has 1 heterocycles. The van der Waals surface area contributed by atoms with Gasteiger partial charge in [0, 0.05) is 52.3 Å². The van der Waals surface area contributed by atoms with Crippen molar-refractivity contribution >= 4 is 11.8 Å². The zero-order chi connectivity index (χ0) is 14.7. The van der Waals surface area contributed by atoms with Crippen LogP contribution >= 0.6 is 0 Å². The Labute approximate surface area is 119 Å². The summed E-state index contributed by atoms with van der Waals surface area (Å²) >= 11 is 0. The predicted molar refractivity (Wildman–Crippen MR) is 77.5 cm³/mol. The van der Waals surface area contributed by atoms with E-state index in [1.54, 1.807) is 25.9 Å². The average molecular weight is 275 g/mol. The summed E-state index contributed by atoms with van der Waals surface area (Å²) in [4.78, 5) is 26.9. The molecule has 1 saturated heterocycles. The summed E-state index contributed by atoms with van der Waals surface area (Å²) in [6.07, 6.45) is 0. The van der Waals surface area contributed by atoms with E-state index >= 15 is 0 Å². The van der Waals surface area contributed by atoms with Crippen molar-refractivity contribution in [2.45, 2.75) is 13.0 Å². The maximum atomic E-state index is 12.0. The van der Waals surface area contributed by atoms with Crippen molar-refractivity contribution in [3.05, 3.63) is 35.4 Å². The maximum absolute atomic E-state index is 12.0. The Morgan fingerprint density at radius 1 is 1.35 bits per heavy atom. The number of piperazine rings is 1. The van der Waals surface area contributed by atoms with Crippen LogP contribution in [0.15, 0.2) is 24.3 Å². The highest BCUT2D eigenvalue weighted by Gasteiger charge is 2.22. The van der Waals surface area contributed by atoms with Gasteiger partial charge >= 0.3 is 0 Å². The monoisotopic (exact) mass is 275 g/mol. The summed E-state index contributed by atoms with van der Waals surface area (Å²) < 4.78 is 0. The minimum absolute atomic E-state index is 0.00826. The number of amides is 2. The molecule has 0 aromatic heterocycles. The lowest BCUT2D eigenvalue weighted by Crippen LogP contribution is -2.47. The van der Waals surface area contributed by atoms with Crippen LogP contribution in [-0.4, -0.2) is 55.3 Å². The van der Waals surface area contributed by atoms with E-state index in [0.717, 1.165) is 18.7 Å². The van der Waals surface area contributed by atoms with Crippen LogP contribution in [0.25, 0.3) is 0 Å². The highest BCUT2D eigenvalue weighted by Crippen LogP contribution is 2.19. The van der Waals surface area contributed by atoms with Gasteiger partial charge in [0.25, 0.3) is 5.91 Å². The normalized spacial score (nSPS) is 18.8. The van der Waals surface area contributed by atoms with Gasteiger partial charge in [-0.25, -0.2) is 0 Å². The first kappa shape index (κ1) is 14.5. The number of nitrogens with one attached hydrogen (secondary N) is 1. The molecule has 0 unspecified atom stereocenters. The Hall–Kier alpha value is -1.88. The Kier molecular flexibility index (Phi) is 4.39. The molecule has 0 bridgehead atoms. The molecule has 5 heteroatoms. The van der Waals surface area contributed by atoms with Gasteiger partial charge in [0.1, 0.15) is 0 Å². The molecular formula is C15H21N3O2. The van der Waals surface area contributed by atoms with Gasteiger partial charge in [-0.1, -0.05) is 12.1 Å². The number of carbonyl (C=O) groups is 2. The topological polar surface area (TPSA) is 52.7 Å². The van der Waals surface area contributed by atoms with E-state index < -0.39 is 0 Å². The predicted octanol–water partition coefficient (Wildman–Crippen LogP) is 0.881. The first-order valence-corrected chi connectivity index (χ1v) is 6.79. The molecule has 2 amide bonds. The number of carbonyl (C=O) groups excluding carboxylic acids is 2. The van der Waals surface area contributed by atoms with Crippen molar-refractivity contribution < 1.29 is 9.59 Å². The molecule has 0 saturated carbocycles.